The van der Waals surface area contributed by atoms with Gasteiger partial charge in [-0.1, -0.05) is 12.1 Å². The van der Waals surface area contributed by atoms with E-state index in [2.05, 4.69) is 5.10 Å². The fraction of sp³-hybridized carbons (Fsp3) is 0.542. The Morgan fingerprint density at radius 2 is 1.74 bits per heavy atom. The van der Waals surface area contributed by atoms with Crippen molar-refractivity contribution in [2.24, 2.45) is 11.8 Å². The SMILES string of the molecule is Cc1nn(Cc2ccc(F)cc2)c2c1CCN(C(=O)C[C@H]1CC[C@H](CC(=O)O)CC1)C2. The summed E-state index contributed by atoms with van der Waals surface area (Å²) in [6, 6.07) is 6.45. The molecule has 1 fully saturated rings. The van der Waals surface area contributed by atoms with E-state index in [1.165, 1.54) is 17.7 Å². The topological polar surface area (TPSA) is 75.4 Å². The minimum Gasteiger partial charge on any atom is -0.481 e. The molecule has 7 heteroatoms. The highest BCUT2D eigenvalue weighted by Gasteiger charge is 2.29. The quantitative estimate of drug-likeness (QED) is 0.758. The van der Waals surface area contributed by atoms with Gasteiger partial charge in [0.2, 0.25) is 5.91 Å². The van der Waals surface area contributed by atoms with Gasteiger partial charge < -0.3 is 10.0 Å². The van der Waals surface area contributed by atoms with Crippen molar-refractivity contribution >= 4 is 11.9 Å². The van der Waals surface area contributed by atoms with Crippen molar-refractivity contribution in [1.82, 2.24) is 14.7 Å². The highest BCUT2D eigenvalue weighted by Crippen LogP contribution is 2.33. The molecular formula is C24H30FN3O3. The third-order valence-corrected chi connectivity index (χ3v) is 6.83. The van der Waals surface area contributed by atoms with E-state index in [0.717, 1.165) is 49.1 Å². The lowest BCUT2D eigenvalue weighted by molar-refractivity contribution is -0.139. The molecule has 1 aromatic heterocycles. The molecule has 0 bridgehead atoms. The Labute approximate surface area is 182 Å². The van der Waals surface area contributed by atoms with Crippen molar-refractivity contribution in [2.75, 3.05) is 6.54 Å². The molecule has 1 aliphatic heterocycles. The van der Waals surface area contributed by atoms with Crippen LogP contribution in [0.5, 0.6) is 0 Å². The number of benzene rings is 1. The van der Waals surface area contributed by atoms with E-state index in [1.54, 1.807) is 12.1 Å². The zero-order valence-corrected chi connectivity index (χ0v) is 18.0. The maximum absolute atomic E-state index is 13.2. The Morgan fingerprint density at radius 3 is 2.39 bits per heavy atom. The predicted octanol–water partition coefficient (Wildman–Crippen LogP) is 3.93. The van der Waals surface area contributed by atoms with E-state index in [1.807, 2.05) is 16.5 Å². The van der Waals surface area contributed by atoms with Gasteiger partial charge in [-0.05, 0) is 74.1 Å². The largest absolute Gasteiger partial charge is 0.481 e. The van der Waals surface area contributed by atoms with E-state index in [-0.39, 0.29) is 24.1 Å². The van der Waals surface area contributed by atoms with Gasteiger partial charge in [-0.2, -0.15) is 5.10 Å². The first kappa shape index (κ1) is 21.5. The monoisotopic (exact) mass is 427 g/mol. The van der Waals surface area contributed by atoms with Gasteiger partial charge in [0.05, 0.1) is 24.5 Å². The van der Waals surface area contributed by atoms with Crippen LogP contribution in [0.4, 0.5) is 4.39 Å². The standard InChI is InChI=1S/C24H30FN3O3/c1-16-21-10-11-27(23(29)12-17-2-4-18(5-3-17)13-24(30)31)15-22(21)28(26-16)14-19-6-8-20(25)9-7-19/h6-9,17-18H,2-5,10-15H2,1H3,(H,30,31)/t17-,18-. The number of fused-ring (bicyclic) bond motifs is 1. The molecule has 0 atom stereocenters. The van der Waals surface area contributed by atoms with Crippen LogP contribution in [0.25, 0.3) is 0 Å². The number of rotatable bonds is 6. The summed E-state index contributed by atoms with van der Waals surface area (Å²) in [5.41, 5.74) is 4.28. The normalized spacial score (nSPS) is 21.0. The summed E-state index contributed by atoms with van der Waals surface area (Å²) in [6.45, 7) is 3.84. The molecule has 2 heterocycles. The fourth-order valence-electron chi connectivity index (χ4n) is 5.04. The fourth-order valence-corrected chi connectivity index (χ4v) is 5.04. The second-order valence-corrected chi connectivity index (χ2v) is 9.05. The summed E-state index contributed by atoms with van der Waals surface area (Å²) >= 11 is 0. The lowest BCUT2D eigenvalue weighted by Gasteiger charge is -2.32. The summed E-state index contributed by atoms with van der Waals surface area (Å²) in [6.07, 6.45) is 5.26. The summed E-state index contributed by atoms with van der Waals surface area (Å²) in [7, 11) is 0. The molecule has 166 valence electrons. The molecule has 1 amide bonds. The maximum Gasteiger partial charge on any atom is 0.303 e. The third-order valence-electron chi connectivity index (χ3n) is 6.83. The van der Waals surface area contributed by atoms with Crippen molar-refractivity contribution in [2.45, 2.75) is 65.0 Å². The number of aliphatic carboxylic acids is 1. The van der Waals surface area contributed by atoms with Crippen LogP contribution in [0.2, 0.25) is 0 Å². The number of hydrogen-bond donors (Lipinski definition) is 1. The predicted molar refractivity (Wildman–Crippen MR) is 114 cm³/mol. The lowest BCUT2D eigenvalue weighted by atomic mass is 9.79. The Bertz CT molecular complexity index is 946. The highest BCUT2D eigenvalue weighted by atomic mass is 19.1. The average molecular weight is 428 g/mol. The van der Waals surface area contributed by atoms with Crippen molar-refractivity contribution in [1.29, 1.82) is 0 Å². The van der Waals surface area contributed by atoms with Crippen LogP contribution in [0.1, 0.15) is 61.0 Å². The van der Waals surface area contributed by atoms with Crippen LogP contribution >= 0.6 is 0 Å². The number of halogens is 1. The van der Waals surface area contributed by atoms with E-state index in [0.29, 0.717) is 32.0 Å². The van der Waals surface area contributed by atoms with Gasteiger partial charge in [0.15, 0.2) is 0 Å². The second-order valence-electron chi connectivity index (χ2n) is 9.05. The average Bonchev–Trinajstić information content (AvgIpc) is 3.05. The lowest BCUT2D eigenvalue weighted by Crippen LogP contribution is -2.38. The molecule has 2 aliphatic rings. The van der Waals surface area contributed by atoms with Crippen molar-refractivity contribution in [3.63, 3.8) is 0 Å². The second kappa shape index (κ2) is 9.20. The van der Waals surface area contributed by atoms with Gasteiger partial charge >= 0.3 is 5.97 Å². The minimum absolute atomic E-state index is 0.180. The first-order chi connectivity index (χ1) is 14.9. The van der Waals surface area contributed by atoms with Crippen molar-refractivity contribution < 1.29 is 19.1 Å². The number of carboxylic acid groups (broad SMARTS) is 1. The van der Waals surface area contributed by atoms with Crippen molar-refractivity contribution in [3.8, 4) is 0 Å². The van der Waals surface area contributed by atoms with Gasteiger partial charge in [-0.15, -0.1) is 0 Å². The molecule has 6 nitrogen and oxygen atoms in total. The molecule has 1 aromatic carbocycles. The number of amides is 1. The number of aromatic nitrogens is 2. The van der Waals surface area contributed by atoms with Crippen LogP contribution in [-0.4, -0.2) is 38.2 Å². The number of aryl methyl sites for hydroxylation is 1. The van der Waals surface area contributed by atoms with Crippen LogP contribution in [0.3, 0.4) is 0 Å². The zero-order valence-electron chi connectivity index (χ0n) is 18.0. The van der Waals surface area contributed by atoms with Gasteiger partial charge in [0.25, 0.3) is 0 Å². The Balaban J connectivity index is 1.37. The Hall–Kier alpha value is -2.70. The smallest absolute Gasteiger partial charge is 0.303 e. The molecule has 4 rings (SSSR count). The maximum atomic E-state index is 13.2. The molecule has 0 unspecified atom stereocenters. The van der Waals surface area contributed by atoms with Crippen LogP contribution < -0.4 is 0 Å². The van der Waals surface area contributed by atoms with Gasteiger partial charge in [0.1, 0.15) is 5.82 Å². The number of nitrogens with zero attached hydrogens (tertiary/aromatic N) is 3. The van der Waals surface area contributed by atoms with Crippen LogP contribution in [-0.2, 0) is 29.1 Å². The summed E-state index contributed by atoms with van der Waals surface area (Å²) in [5.74, 6) is -0.193. The summed E-state index contributed by atoms with van der Waals surface area (Å²) in [4.78, 5) is 25.9. The van der Waals surface area contributed by atoms with Gasteiger partial charge in [-0.3, -0.25) is 14.3 Å². The Kier molecular flexibility index (Phi) is 6.39. The molecule has 1 saturated carbocycles. The van der Waals surface area contributed by atoms with Crippen LogP contribution in [0, 0.1) is 24.6 Å². The zero-order chi connectivity index (χ0) is 22.0. The summed E-state index contributed by atoms with van der Waals surface area (Å²) in [5, 5.41) is 13.7. The molecule has 0 radical (unpaired) electrons. The first-order valence-electron chi connectivity index (χ1n) is 11.2. The van der Waals surface area contributed by atoms with Gasteiger partial charge in [-0.25, -0.2) is 4.39 Å². The molecule has 2 aromatic rings. The van der Waals surface area contributed by atoms with E-state index in [9.17, 15) is 14.0 Å². The summed E-state index contributed by atoms with van der Waals surface area (Å²) < 4.78 is 15.2. The first-order valence-corrected chi connectivity index (χ1v) is 11.2. The third kappa shape index (κ3) is 5.14. The molecule has 31 heavy (non-hydrogen) atoms. The Morgan fingerprint density at radius 1 is 1.10 bits per heavy atom. The molecule has 1 N–H and O–H groups in total. The molecular weight excluding hydrogens is 397 g/mol. The number of carboxylic acids is 1. The number of hydrogen-bond acceptors (Lipinski definition) is 3. The van der Waals surface area contributed by atoms with E-state index < -0.39 is 5.97 Å². The van der Waals surface area contributed by atoms with Gasteiger partial charge in [0, 0.05) is 19.4 Å². The van der Waals surface area contributed by atoms with Crippen molar-refractivity contribution in [3.05, 3.63) is 52.6 Å². The molecule has 1 aliphatic carbocycles. The number of carbonyl (C=O) groups is 2. The van der Waals surface area contributed by atoms with E-state index in [4.69, 9.17) is 5.11 Å². The van der Waals surface area contributed by atoms with Crippen LogP contribution in [0.15, 0.2) is 24.3 Å². The molecule has 0 spiro atoms. The van der Waals surface area contributed by atoms with E-state index >= 15 is 0 Å². The minimum atomic E-state index is -0.726. The highest BCUT2D eigenvalue weighted by molar-refractivity contribution is 5.76. The number of carbonyl (C=O) groups excluding carboxylic acids is 1. The molecule has 0 saturated heterocycles.